The first-order chi connectivity index (χ1) is 9.90. The fourth-order valence-electron chi connectivity index (χ4n) is 2.78. The van der Waals surface area contributed by atoms with Crippen LogP contribution in [0.3, 0.4) is 0 Å². The van der Waals surface area contributed by atoms with Crippen molar-refractivity contribution in [3.63, 3.8) is 0 Å². The highest BCUT2D eigenvalue weighted by atomic mass is 16.5. The summed E-state index contributed by atoms with van der Waals surface area (Å²) in [5.41, 5.74) is 2.50. The normalized spacial score (nSPS) is 13.6. The van der Waals surface area contributed by atoms with Crippen LogP contribution in [0.4, 0.5) is 0 Å². The number of aliphatic hydroxyl groups is 1. The monoisotopic (exact) mass is 286 g/mol. The first-order valence-electron chi connectivity index (χ1n) is 6.92. The molecule has 0 radical (unpaired) electrons. The summed E-state index contributed by atoms with van der Waals surface area (Å²) in [6, 6.07) is 11.5. The third-order valence-corrected chi connectivity index (χ3v) is 3.78. The lowest BCUT2D eigenvalue weighted by Crippen LogP contribution is -2.25. The number of methoxy groups -OCH3 is 2. The number of ether oxygens (including phenoxy) is 2. The van der Waals surface area contributed by atoms with Crippen LogP contribution < -0.4 is 9.47 Å². The van der Waals surface area contributed by atoms with E-state index in [1.165, 1.54) is 0 Å². The van der Waals surface area contributed by atoms with E-state index in [2.05, 4.69) is 0 Å². The van der Waals surface area contributed by atoms with Crippen LogP contribution >= 0.6 is 0 Å². The molecule has 0 spiro atoms. The van der Waals surface area contributed by atoms with Crippen LogP contribution in [0.5, 0.6) is 11.5 Å². The molecular formula is C18H22O3. The average molecular weight is 286 g/mol. The van der Waals surface area contributed by atoms with Crippen molar-refractivity contribution in [1.29, 1.82) is 0 Å². The Balaban J connectivity index is 2.62. The Hall–Kier alpha value is -2.00. The molecule has 0 heterocycles. The van der Waals surface area contributed by atoms with Crippen molar-refractivity contribution in [2.45, 2.75) is 26.4 Å². The van der Waals surface area contributed by atoms with Crippen molar-refractivity contribution >= 4 is 0 Å². The van der Waals surface area contributed by atoms with E-state index in [-0.39, 0.29) is 0 Å². The first kappa shape index (κ1) is 15.4. The van der Waals surface area contributed by atoms with Crippen LogP contribution in [-0.2, 0) is 5.60 Å². The van der Waals surface area contributed by atoms with Crippen molar-refractivity contribution in [2.24, 2.45) is 0 Å². The topological polar surface area (TPSA) is 38.7 Å². The zero-order valence-corrected chi connectivity index (χ0v) is 13.2. The molecule has 0 saturated carbocycles. The van der Waals surface area contributed by atoms with E-state index >= 15 is 0 Å². The van der Waals surface area contributed by atoms with Gasteiger partial charge in [-0.3, -0.25) is 0 Å². The molecule has 21 heavy (non-hydrogen) atoms. The molecule has 2 rings (SSSR count). The van der Waals surface area contributed by atoms with Gasteiger partial charge in [0.15, 0.2) is 0 Å². The fraction of sp³-hybridized carbons (Fsp3) is 0.333. The molecule has 0 bridgehead atoms. The molecule has 3 nitrogen and oxygen atoms in total. The summed E-state index contributed by atoms with van der Waals surface area (Å²) in [5, 5.41) is 11.1. The lowest BCUT2D eigenvalue weighted by Gasteiger charge is -2.28. The van der Waals surface area contributed by atoms with E-state index in [1.807, 2.05) is 50.2 Å². The molecule has 0 aromatic heterocycles. The largest absolute Gasteiger partial charge is 0.497 e. The summed E-state index contributed by atoms with van der Waals surface area (Å²) >= 11 is 0. The fourth-order valence-corrected chi connectivity index (χ4v) is 2.78. The number of hydrogen-bond acceptors (Lipinski definition) is 3. The summed E-state index contributed by atoms with van der Waals surface area (Å²) in [5.74, 6) is 1.41. The highest BCUT2D eigenvalue weighted by molar-refractivity contribution is 5.51. The summed E-state index contributed by atoms with van der Waals surface area (Å²) in [7, 11) is 3.24. The number of aryl methyl sites for hydroxylation is 2. The Bertz CT molecular complexity index is 645. The van der Waals surface area contributed by atoms with Gasteiger partial charge < -0.3 is 14.6 Å². The second-order valence-electron chi connectivity index (χ2n) is 5.46. The van der Waals surface area contributed by atoms with Crippen LogP contribution in [0.2, 0.25) is 0 Å². The Morgan fingerprint density at radius 1 is 1.00 bits per heavy atom. The molecule has 0 amide bonds. The number of rotatable bonds is 4. The SMILES string of the molecule is COc1cccc(C(C)(O)c2c(C)cc(C)cc2OC)c1. The summed E-state index contributed by atoms with van der Waals surface area (Å²) < 4.78 is 10.7. The van der Waals surface area contributed by atoms with Crippen LogP contribution in [0, 0.1) is 13.8 Å². The van der Waals surface area contributed by atoms with Gasteiger partial charge in [0.25, 0.3) is 0 Å². The molecule has 1 atom stereocenters. The smallest absolute Gasteiger partial charge is 0.125 e. The molecule has 1 unspecified atom stereocenters. The van der Waals surface area contributed by atoms with E-state index in [0.29, 0.717) is 5.75 Å². The minimum absolute atomic E-state index is 0.695. The minimum Gasteiger partial charge on any atom is -0.497 e. The lowest BCUT2D eigenvalue weighted by atomic mass is 9.84. The standard InChI is InChI=1S/C18H22O3/c1-12-9-13(2)17(16(10-12)21-5)18(3,19)14-7-6-8-15(11-14)20-4/h6-11,19H,1-5H3. The van der Waals surface area contributed by atoms with Crippen molar-refractivity contribution < 1.29 is 14.6 Å². The molecule has 1 N–H and O–H groups in total. The van der Waals surface area contributed by atoms with Gasteiger partial charge in [-0.2, -0.15) is 0 Å². The zero-order chi connectivity index (χ0) is 15.6. The van der Waals surface area contributed by atoms with Crippen molar-refractivity contribution in [3.8, 4) is 11.5 Å². The quantitative estimate of drug-likeness (QED) is 0.933. The number of hydrogen-bond donors (Lipinski definition) is 1. The Labute approximate surface area is 126 Å². The minimum atomic E-state index is -1.16. The third kappa shape index (κ3) is 2.88. The highest BCUT2D eigenvalue weighted by Crippen LogP contribution is 2.39. The van der Waals surface area contributed by atoms with Gasteiger partial charge in [0, 0.05) is 5.56 Å². The van der Waals surface area contributed by atoms with Gasteiger partial charge in [0.2, 0.25) is 0 Å². The lowest BCUT2D eigenvalue weighted by molar-refractivity contribution is 0.0979. The Morgan fingerprint density at radius 3 is 2.33 bits per heavy atom. The zero-order valence-electron chi connectivity index (χ0n) is 13.2. The third-order valence-electron chi connectivity index (χ3n) is 3.78. The maximum Gasteiger partial charge on any atom is 0.125 e. The molecule has 0 saturated heterocycles. The molecule has 0 aliphatic heterocycles. The summed E-state index contributed by atoms with van der Waals surface area (Å²) in [4.78, 5) is 0. The second kappa shape index (κ2) is 5.78. The number of benzene rings is 2. The molecule has 3 heteroatoms. The predicted molar refractivity (Wildman–Crippen MR) is 84.1 cm³/mol. The van der Waals surface area contributed by atoms with Gasteiger partial charge in [-0.05, 0) is 55.7 Å². The van der Waals surface area contributed by atoms with E-state index in [4.69, 9.17) is 9.47 Å². The average Bonchev–Trinajstić information content (AvgIpc) is 2.46. The van der Waals surface area contributed by atoms with E-state index in [0.717, 1.165) is 28.0 Å². The molecule has 0 aliphatic rings. The van der Waals surface area contributed by atoms with Gasteiger partial charge >= 0.3 is 0 Å². The molecular weight excluding hydrogens is 264 g/mol. The second-order valence-corrected chi connectivity index (χ2v) is 5.46. The summed E-state index contributed by atoms with van der Waals surface area (Å²) in [6.07, 6.45) is 0. The van der Waals surface area contributed by atoms with Crippen LogP contribution in [0.15, 0.2) is 36.4 Å². The van der Waals surface area contributed by atoms with Crippen LogP contribution in [0.25, 0.3) is 0 Å². The Morgan fingerprint density at radius 2 is 1.71 bits per heavy atom. The van der Waals surface area contributed by atoms with Gasteiger partial charge in [-0.25, -0.2) is 0 Å². The van der Waals surface area contributed by atoms with Crippen LogP contribution in [-0.4, -0.2) is 19.3 Å². The van der Waals surface area contributed by atoms with E-state index < -0.39 is 5.60 Å². The Kier molecular flexibility index (Phi) is 4.24. The van der Waals surface area contributed by atoms with Gasteiger partial charge in [-0.15, -0.1) is 0 Å². The van der Waals surface area contributed by atoms with Gasteiger partial charge in [0.1, 0.15) is 17.1 Å². The van der Waals surface area contributed by atoms with Gasteiger partial charge in [-0.1, -0.05) is 18.2 Å². The maximum atomic E-state index is 11.1. The molecule has 112 valence electrons. The van der Waals surface area contributed by atoms with E-state index in [1.54, 1.807) is 21.1 Å². The molecule has 2 aromatic carbocycles. The van der Waals surface area contributed by atoms with E-state index in [9.17, 15) is 5.11 Å². The van der Waals surface area contributed by atoms with Crippen LogP contribution in [0.1, 0.15) is 29.2 Å². The molecule has 0 fully saturated rings. The van der Waals surface area contributed by atoms with Gasteiger partial charge in [0.05, 0.1) is 14.2 Å². The highest BCUT2D eigenvalue weighted by Gasteiger charge is 2.31. The summed E-state index contributed by atoms with van der Waals surface area (Å²) in [6.45, 7) is 5.78. The molecule has 0 aliphatic carbocycles. The first-order valence-corrected chi connectivity index (χ1v) is 6.92. The predicted octanol–water partition coefficient (Wildman–Crippen LogP) is 3.58. The van der Waals surface area contributed by atoms with Crippen molar-refractivity contribution in [1.82, 2.24) is 0 Å². The van der Waals surface area contributed by atoms with Crippen molar-refractivity contribution in [3.05, 3.63) is 58.7 Å². The molecule has 2 aromatic rings. The van der Waals surface area contributed by atoms with Crippen molar-refractivity contribution in [2.75, 3.05) is 14.2 Å². The maximum absolute atomic E-state index is 11.1.